The van der Waals surface area contributed by atoms with Crippen molar-refractivity contribution in [3.05, 3.63) is 125 Å². The first kappa shape index (κ1) is 27.6. The van der Waals surface area contributed by atoms with Gasteiger partial charge in [-0.2, -0.15) is 0 Å². The number of fused-ring (bicyclic) bond motifs is 1. The number of hydrogen-bond donors (Lipinski definition) is 1. The molecular weight excluding hydrogens is 532 g/mol. The Morgan fingerprint density at radius 1 is 0.929 bits per heavy atom. The molecule has 0 spiro atoms. The number of carbonyl (C=O) groups is 1. The lowest BCUT2D eigenvalue weighted by Crippen LogP contribution is -2.45. The predicted molar refractivity (Wildman–Crippen MR) is 161 cm³/mol. The molecule has 42 heavy (non-hydrogen) atoms. The Hall–Kier alpha value is -4.58. The maximum Gasteiger partial charge on any atom is 0.275 e. The summed E-state index contributed by atoms with van der Waals surface area (Å²) >= 11 is 0. The van der Waals surface area contributed by atoms with Crippen molar-refractivity contribution >= 4 is 17.3 Å². The molecule has 1 aromatic heterocycles. The number of amides is 1. The van der Waals surface area contributed by atoms with Gasteiger partial charge in [0.05, 0.1) is 11.9 Å². The molecule has 6 nitrogen and oxygen atoms in total. The molecule has 1 atom stereocenters. The highest BCUT2D eigenvalue weighted by molar-refractivity contribution is 6.04. The van der Waals surface area contributed by atoms with E-state index in [4.69, 9.17) is 0 Å². The number of nitrogens with one attached hydrogen (secondary N) is 1. The number of pyridine rings is 1. The summed E-state index contributed by atoms with van der Waals surface area (Å²) in [5.74, 6) is 2.90. The highest BCUT2D eigenvalue weighted by Crippen LogP contribution is 2.50. The highest BCUT2D eigenvalue weighted by Gasteiger charge is 2.47. The lowest BCUT2D eigenvalue weighted by molar-refractivity contribution is -0.0257. The second kappa shape index (κ2) is 11.7. The minimum Gasteiger partial charge on any atom is -0.322 e. The van der Waals surface area contributed by atoms with Crippen molar-refractivity contribution in [2.24, 2.45) is 0 Å². The van der Waals surface area contributed by atoms with E-state index in [-0.39, 0.29) is 23.9 Å². The van der Waals surface area contributed by atoms with E-state index in [1.54, 1.807) is 42.7 Å². The summed E-state index contributed by atoms with van der Waals surface area (Å²) in [5.41, 5.74) is 3.66. The van der Waals surface area contributed by atoms with Gasteiger partial charge in [0.15, 0.2) is 0 Å². The van der Waals surface area contributed by atoms with Gasteiger partial charge in [0.1, 0.15) is 0 Å². The number of anilines is 2. The normalized spacial score (nSPS) is 19.6. The van der Waals surface area contributed by atoms with Crippen LogP contribution in [0.3, 0.4) is 0 Å². The number of carbonyl (C=O) groups excluding carboxylic acids is 1. The Morgan fingerprint density at radius 2 is 1.69 bits per heavy atom. The van der Waals surface area contributed by atoms with Gasteiger partial charge >= 0.3 is 0 Å². The number of alkyl halides is 2. The molecule has 0 bridgehead atoms. The maximum absolute atomic E-state index is 15.1. The molecule has 212 valence electrons. The number of hydrogen-bond acceptors (Lipinski definition) is 5. The molecule has 1 aliphatic carbocycles. The third-order valence-electron chi connectivity index (χ3n) is 7.82. The van der Waals surface area contributed by atoms with Crippen molar-refractivity contribution in [3.8, 4) is 11.8 Å². The van der Waals surface area contributed by atoms with Gasteiger partial charge in [0.2, 0.25) is 0 Å². The third kappa shape index (κ3) is 6.03. The van der Waals surface area contributed by atoms with E-state index in [0.29, 0.717) is 22.4 Å². The summed E-state index contributed by atoms with van der Waals surface area (Å²) in [7, 11) is 2.05. The maximum atomic E-state index is 15.1. The van der Waals surface area contributed by atoms with Gasteiger partial charge in [-0.1, -0.05) is 36.1 Å². The Bertz CT molecular complexity index is 1630. The molecule has 1 fully saturated rings. The van der Waals surface area contributed by atoms with E-state index in [1.165, 1.54) is 6.07 Å². The average Bonchev–Trinajstić information content (AvgIpc) is 3.15. The fraction of sp³-hybridized carbons (Fsp3) is 0.235. The van der Waals surface area contributed by atoms with Gasteiger partial charge < -0.3 is 15.1 Å². The summed E-state index contributed by atoms with van der Waals surface area (Å²) in [6.45, 7) is 3.26. The van der Waals surface area contributed by atoms with Crippen molar-refractivity contribution in [2.75, 3.05) is 43.4 Å². The van der Waals surface area contributed by atoms with Gasteiger partial charge in [-0.25, -0.2) is 8.78 Å². The van der Waals surface area contributed by atoms with Crippen LogP contribution in [0, 0.1) is 11.8 Å². The molecule has 2 aliphatic heterocycles. The molecule has 3 heterocycles. The Morgan fingerprint density at radius 3 is 2.48 bits per heavy atom. The monoisotopic (exact) mass is 563 g/mol. The van der Waals surface area contributed by atoms with E-state index >= 15 is 8.78 Å². The molecule has 3 aromatic rings. The molecule has 1 amide bonds. The van der Waals surface area contributed by atoms with Gasteiger partial charge in [-0.05, 0) is 61.2 Å². The Balaban J connectivity index is 1.16. The molecule has 0 radical (unpaired) electrons. The number of allylic oxidation sites excluding steroid dienone is 4. The van der Waals surface area contributed by atoms with Crippen LogP contribution in [0.25, 0.3) is 0 Å². The SMILES string of the molecule is CN1CCN(C2CC(F)(F)c3cc(NC(=O)c4cccc(C#Cc5cncc(N6C=CC=CC=C6)c5)c4)ccc32)CC1. The fourth-order valence-corrected chi connectivity index (χ4v) is 5.52. The zero-order chi connectivity index (χ0) is 29.1. The molecular formula is C34H31F2N5O. The zero-order valence-corrected chi connectivity index (χ0v) is 23.3. The first-order chi connectivity index (χ1) is 20.4. The molecule has 6 rings (SSSR count). The fourth-order valence-electron chi connectivity index (χ4n) is 5.52. The van der Waals surface area contributed by atoms with Crippen molar-refractivity contribution in [2.45, 2.75) is 18.4 Å². The smallest absolute Gasteiger partial charge is 0.275 e. The topological polar surface area (TPSA) is 51.7 Å². The first-order valence-electron chi connectivity index (χ1n) is 14.0. The lowest BCUT2D eigenvalue weighted by atomic mass is 10.0. The van der Waals surface area contributed by atoms with Crippen LogP contribution in [0.4, 0.5) is 20.2 Å². The first-order valence-corrected chi connectivity index (χ1v) is 14.0. The van der Waals surface area contributed by atoms with Gasteiger partial charge in [-0.3, -0.25) is 14.7 Å². The number of benzene rings is 2. The van der Waals surface area contributed by atoms with E-state index in [9.17, 15) is 4.79 Å². The summed E-state index contributed by atoms with van der Waals surface area (Å²) in [4.78, 5) is 23.7. The van der Waals surface area contributed by atoms with Crippen molar-refractivity contribution < 1.29 is 13.6 Å². The van der Waals surface area contributed by atoms with E-state index in [2.05, 4.69) is 31.9 Å². The molecule has 2 aromatic carbocycles. The molecule has 1 unspecified atom stereocenters. The minimum absolute atomic E-state index is 0.00195. The van der Waals surface area contributed by atoms with Gasteiger partial charge in [-0.15, -0.1) is 0 Å². The molecule has 1 N–H and O–H groups in total. The lowest BCUT2D eigenvalue weighted by Gasteiger charge is -2.36. The van der Waals surface area contributed by atoms with Crippen LogP contribution in [-0.4, -0.2) is 53.9 Å². The molecule has 8 heteroatoms. The van der Waals surface area contributed by atoms with Crippen molar-refractivity contribution in [1.29, 1.82) is 0 Å². The Kier molecular flexibility index (Phi) is 7.70. The standard InChI is InChI=1S/C34H31F2N5O/c1-39-15-17-41(18-16-39)32-22-34(35,36)31-21-28(11-12-30(31)32)38-33(42)27-8-6-7-25(19-27)9-10-26-20-29(24-37-23-26)40-13-4-2-3-5-14-40/h2-8,11-14,19-21,23-24,32H,15-18,22H2,1H3,(H,38,42). The van der Waals surface area contributed by atoms with Crippen molar-refractivity contribution in [3.63, 3.8) is 0 Å². The van der Waals surface area contributed by atoms with Crippen LogP contribution >= 0.6 is 0 Å². The second-order valence-corrected chi connectivity index (χ2v) is 10.8. The second-order valence-electron chi connectivity index (χ2n) is 10.8. The quantitative estimate of drug-likeness (QED) is 0.400. The summed E-state index contributed by atoms with van der Waals surface area (Å²) < 4.78 is 30.2. The molecule has 3 aliphatic rings. The number of likely N-dealkylation sites (N-methyl/N-ethyl adjacent to an activating group) is 1. The summed E-state index contributed by atoms with van der Waals surface area (Å²) in [5, 5.41) is 2.80. The van der Waals surface area contributed by atoms with Gasteiger partial charge in [0, 0.05) is 85.2 Å². The predicted octanol–water partition coefficient (Wildman–Crippen LogP) is 5.92. The Labute approximate surface area is 244 Å². The molecule has 1 saturated heterocycles. The van der Waals surface area contributed by atoms with E-state index in [0.717, 1.165) is 37.4 Å². The van der Waals surface area contributed by atoms with Crippen LogP contribution in [-0.2, 0) is 5.92 Å². The molecule has 0 saturated carbocycles. The van der Waals surface area contributed by atoms with Crippen LogP contribution in [0.1, 0.15) is 45.1 Å². The number of halogens is 2. The van der Waals surface area contributed by atoms with Crippen LogP contribution in [0.2, 0.25) is 0 Å². The zero-order valence-electron chi connectivity index (χ0n) is 23.3. The van der Waals surface area contributed by atoms with E-state index in [1.807, 2.05) is 60.8 Å². The number of nitrogens with zero attached hydrogens (tertiary/aromatic N) is 4. The third-order valence-corrected chi connectivity index (χ3v) is 7.82. The van der Waals surface area contributed by atoms with E-state index < -0.39 is 5.92 Å². The summed E-state index contributed by atoms with van der Waals surface area (Å²) in [6, 6.07) is 13.5. The van der Waals surface area contributed by atoms with Crippen LogP contribution in [0.15, 0.2) is 97.6 Å². The highest BCUT2D eigenvalue weighted by atomic mass is 19.3. The number of aromatic nitrogens is 1. The number of rotatable bonds is 4. The van der Waals surface area contributed by atoms with Crippen molar-refractivity contribution in [1.82, 2.24) is 14.8 Å². The average molecular weight is 564 g/mol. The van der Waals surface area contributed by atoms with Crippen LogP contribution in [0.5, 0.6) is 0 Å². The number of piperazine rings is 1. The largest absolute Gasteiger partial charge is 0.322 e. The summed E-state index contributed by atoms with van der Waals surface area (Å²) in [6.07, 6.45) is 14.9. The van der Waals surface area contributed by atoms with Crippen LogP contribution < -0.4 is 10.2 Å². The minimum atomic E-state index is -2.94. The van der Waals surface area contributed by atoms with Gasteiger partial charge in [0.25, 0.3) is 11.8 Å².